The third kappa shape index (κ3) is 7.45. The zero-order chi connectivity index (χ0) is 30.0. The Morgan fingerprint density at radius 2 is 1.61 bits per heavy atom. The summed E-state index contributed by atoms with van der Waals surface area (Å²) in [6.45, 7) is 2.09. The fraction of sp³-hybridized carbons (Fsp3) is 0.250. The van der Waals surface area contributed by atoms with Gasteiger partial charge in [-0.25, -0.2) is 14.7 Å². The number of nitrogens with one attached hydrogen (secondary N) is 1. The molecule has 10 nitrogen and oxygen atoms in total. The van der Waals surface area contributed by atoms with E-state index in [1.165, 1.54) is 7.05 Å². The maximum atomic E-state index is 12.6. The number of hydroxylamine groups is 2. The van der Waals surface area contributed by atoms with Gasteiger partial charge in [0.15, 0.2) is 11.3 Å². The van der Waals surface area contributed by atoms with Crippen LogP contribution in [0.1, 0.15) is 40.4 Å². The molecule has 0 unspecified atom stereocenters. The number of aromatic nitrogens is 1. The number of esters is 1. The maximum Gasteiger partial charge on any atom is 0.417 e. The number of pyridine rings is 1. The van der Waals surface area contributed by atoms with E-state index in [1.807, 2.05) is 60.7 Å². The SMILES string of the molecule is CCOC(=O)C1=NOC(c2ccccc2)(c2ccccc2)C1.CON(C)C(=O)NC(=O)c1cnccc1C(F)(F)F. The Balaban J connectivity index is 0.000000229. The van der Waals surface area contributed by atoms with Crippen LogP contribution < -0.4 is 5.32 Å². The summed E-state index contributed by atoms with van der Waals surface area (Å²) in [5.41, 5.74) is -0.450. The lowest BCUT2D eigenvalue weighted by Gasteiger charge is -2.27. The molecule has 41 heavy (non-hydrogen) atoms. The van der Waals surface area contributed by atoms with E-state index in [2.05, 4.69) is 15.0 Å². The Bertz CT molecular complexity index is 1340. The molecular weight excluding hydrogens is 545 g/mol. The van der Waals surface area contributed by atoms with Crippen molar-refractivity contribution in [1.29, 1.82) is 0 Å². The van der Waals surface area contributed by atoms with Crippen LogP contribution >= 0.6 is 0 Å². The number of amides is 3. The van der Waals surface area contributed by atoms with Crippen molar-refractivity contribution in [3.05, 3.63) is 101 Å². The molecule has 1 aliphatic rings. The van der Waals surface area contributed by atoms with E-state index in [9.17, 15) is 27.6 Å². The zero-order valence-corrected chi connectivity index (χ0v) is 22.3. The maximum absolute atomic E-state index is 12.6. The number of hydrogen-bond acceptors (Lipinski definition) is 8. The molecule has 0 fully saturated rings. The summed E-state index contributed by atoms with van der Waals surface area (Å²) in [5.74, 6) is -1.63. The minimum atomic E-state index is -4.72. The van der Waals surface area contributed by atoms with E-state index in [4.69, 9.17) is 9.57 Å². The van der Waals surface area contributed by atoms with Crippen LogP contribution in [0.4, 0.5) is 18.0 Å². The number of imide groups is 1. The molecule has 0 spiro atoms. The summed E-state index contributed by atoms with van der Waals surface area (Å²) < 4.78 is 43.0. The van der Waals surface area contributed by atoms with Gasteiger partial charge in [0.1, 0.15) is 0 Å². The Kier molecular flexibility index (Phi) is 10.1. The van der Waals surface area contributed by atoms with E-state index >= 15 is 0 Å². The van der Waals surface area contributed by atoms with Crippen LogP contribution in [0.25, 0.3) is 0 Å². The number of carbonyl (C=O) groups excluding carboxylic acids is 3. The molecular formula is C28H27F3N4O6. The molecule has 2 heterocycles. The predicted molar refractivity (Wildman–Crippen MR) is 140 cm³/mol. The lowest BCUT2D eigenvalue weighted by Crippen LogP contribution is -2.40. The molecule has 0 atom stereocenters. The molecule has 216 valence electrons. The molecule has 4 rings (SSSR count). The van der Waals surface area contributed by atoms with Crippen LogP contribution in [-0.4, -0.2) is 54.4 Å². The predicted octanol–water partition coefficient (Wildman–Crippen LogP) is 4.71. The number of benzene rings is 2. The quantitative estimate of drug-likeness (QED) is 0.336. The molecule has 3 amide bonds. The van der Waals surface area contributed by atoms with Gasteiger partial charge in [-0.3, -0.25) is 19.9 Å². The summed E-state index contributed by atoms with van der Waals surface area (Å²) in [5, 5.41) is 6.40. The number of halogens is 3. The van der Waals surface area contributed by atoms with Crippen LogP contribution in [0.15, 0.2) is 84.3 Å². The van der Waals surface area contributed by atoms with Crippen LogP contribution in [0.2, 0.25) is 0 Å². The van der Waals surface area contributed by atoms with Crippen molar-refractivity contribution in [2.24, 2.45) is 5.16 Å². The van der Waals surface area contributed by atoms with Crippen molar-refractivity contribution < 1.29 is 42.0 Å². The number of alkyl halides is 3. The fourth-order valence-corrected chi connectivity index (χ4v) is 3.80. The highest BCUT2D eigenvalue weighted by Crippen LogP contribution is 2.41. The largest absolute Gasteiger partial charge is 0.461 e. The Hall–Kier alpha value is -4.78. The molecule has 1 aliphatic heterocycles. The first kappa shape index (κ1) is 30.8. The van der Waals surface area contributed by atoms with Crippen molar-refractivity contribution in [1.82, 2.24) is 15.4 Å². The van der Waals surface area contributed by atoms with Crippen molar-refractivity contribution in [2.45, 2.75) is 25.1 Å². The molecule has 0 saturated carbocycles. The van der Waals surface area contributed by atoms with Gasteiger partial charge in [-0.15, -0.1) is 0 Å². The number of hydrogen-bond donors (Lipinski definition) is 1. The highest BCUT2D eigenvalue weighted by molar-refractivity contribution is 6.37. The highest BCUT2D eigenvalue weighted by atomic mass is 19.4. The number of urea groups is 1. The van der Waals surface area contributed by atoms with Gasteiger partial charge in [0.05, 0.1) is 31.3 Å². The lowest BCUT2D eigenvalue weighted by molar-refractivity contribution is -0.138. The molecule has 1 aromatic heterocycles. The van der Waals surface area contributed by atoms with Gasteiger partial charge in [0, 0.05) is 30.6 Å². The lowest BCUT2D eigenvalue weighted by atomic mass is 9.82. The first-order chi connectivity index (χ1) is 19.5. The van der Waals surface area contributed by atoms with Crippen molar-refractivity contribution in [2.75, 3.05) is 20.8 Å². The molecule has 13 heteroatoms. The Labute approximate surface area is 233 Å². The third-order valence-electron chi connectivity index (χ3n) is 5.87. The molecule has 0 saturated heterocycles. The number of carbonyl (C=O) groups is 3. The minimum absolute atomic E-state index is 0.314. The average molecular weight is 573 g/mol. The second-order valence-electron chi connectivity index (χ2n) is 8.44. The smallest absolute Gasteiger partial charge is 0.417 e. The van der Waals surface area contributed by atoms with Crippen LogP contribution in [0.3, 0.4) is 0 Å². The van der Waals surface area contributed by atoms with Gasteiger partial charge in [-0.05, 0) is 13.0 Å². The van der Waals surface area contributed by atoms with Crippen LogP contribution in [0, 0.1) is 0 Å². The van der Waals surface area contributed by atoms with Gasteiger partial charge < -0.3 is 9.57 Å². The van der Waals surface area contributed by atoms with Gasteiger partial charge in [-0.2, -0.15) is 13.2 Å². The number of oxime groups is 1. The first-order valence-corrected chi connectivity index (χ1v) is 12.2. The highest BCUT2D eigenvalue weighted by Gasteiger charge is 2.45. The molecule has 0 bridgehead atoms. The second kappa shape index (κ2) is 13.5. The molecule has 0 radical (unpaired) electrons. The van der Waals surface area contributed by atoms with E-state index < -0.39 is 40.8 Å². The summed E-state index contributed by atoms with van der Waals surface area (Å²) in [6, 6.07) is 19.3. The number of ether oxygens (including phenoxy) is 1. The van der Waals surface area contributed by atoms with E-state index in [1.54, 1.807) is 12.2 Å². The minimum Gasteiger partial charge on any atom is -0.461 e. The normalized spacial score (nSPS) is 13.6. The third-order valence-corrected chi connectivity index (χ3v) is 5.87. The van der Waals surface area contributed by atoms with E-state index in [-0.39, 0.29) is 0 Å². The standard InChI is InChI=1S/C18H17NO3.C10H10F3N3O3/c1-2-21-17(20)16-13-18(22-19-16,14-9-5-3-6-10-14)15-11-7-4-8-12-15;1-16(19-2)9(18)15-8(17)6-5-14-4-3-7(6)10(11,12)13/h3-12H,2,13H2,1H3;3-5H,1-2H3,(H,15,17,18). The molecule has 3 aromatic rings. The van der Waals surface area contributed by atoms with Crippen molar-refractivity contribution in [3.8, 4) is 0 Å². The fourth-order valence-electron chi connectivity index (χ4n) is 3.80. The summed E-state index contributed by atoms with van der Waals surface area (Å²) in [7, 11) is 2.35. The zero-order valence-electron chi connectivity index (χ0n) is 22.3. The summed E-state index contributed by atoms with van der Waals surface area (Å²) in [4.78, 5) is 48.5. The summed E-state index contributed by atoms with van der Waals surface area (Å²) >= 11 is 0. The Morgan fingerprint density at radius 3 is 2.12 bits per heavy atom. The van der Waals surface area contributed by atoms with Crippen LogP contribution in [-0.2, 0) is 31.0 Å². The van der Waals surface area contributed by atoms with Gasteiger partial charge >= 0.3 is 18.2 Å². The second-order valence-corrected chi connectivity index (χ2v) is 8.44. The summed E-state index contributed by atoms with van der Waals surface area (Å²) in [6.07, 6.45) is -2.72. The van der Waals surface area contributed by atoms with E-state index in [0.717, 1.165) is 30.6 Å². The topological polar surface area (TPSA) is 119 Å². The average Bonchev–Trinajstić information content (AvgIpc) is 3.45. The molecule has 0 aliphatic carbocycles. The van der Waals surface area contributed by atoms with E-state index in [0.29, 0.717) is 29.9 Å². The first-order valence-electron chi connectivity index (χ1n) is 12.2. The van der Waals surface area contributed by atoms with Crippen molar-refractivity contribution in [3.63, 3.8) is 0 Å². The molecule has 1 N–H and O–H groups in total. The number of nitrogens with zero attached hydrogens (tertiary/aromatic N) is 3. The number of rotatable bonds is 6. The monoisotopic (exact) mass is 572 g/mol. The van der Waals surface area contributed by atoms with Crippen molar-refractivity contribution >= 4 is 23.6 Å². The Morgan fingerprint density at radius 1 is 1.02 bits per heavy atom. The molecule has 2 aromatic carbocycles. The van der Waals surface area contributed by atoms with Gasteiger partial charge in [0.2, 0.25) is 0 Å². The van der Waals surface area contributed by atoms with Crippen LogP contribution in [0.5, 0.6) is 0 Å². The van der Waals surface area contributed by atoms with Gasteiger partial charge in [-0.1, -0.05) is 65.8 Å². The van der Waals surface area contributed by atoms with Gasteiger partial charge in [0.25, 0.3) is 5.91 Å².